The highest BCUT2D eigenvalue weighted by Gasteiger charge is 2.15. The molecule has 114 valence electrons. The first-order valence-corrected chi connectivity index (χ1v) is 6.33. The molecule has 0 amide bonds. The van der Waals surface area contributed by atoms with Crippen LogP contribution in [-0.2, 0) is 11.3 Å². The van der Waals surface area contributed by atoms with E-state index in [0.717, 1.165) is 5.56 Å². The summed E-state index contributed by atoms with van der Waals surface area (Å²) >= 11 is 12.0. The van der Waals surface area contributed by atoms with Gasteiger partial charge in [-0.2, -0.15) is 5.10 Å². The summed E-state index contributed by atoms with van der Waals surface area (Å²) in [6.45, 7) is 0.553. The largest absolute Gasteiger partial charge is 0.375 e. The van der Waals surface area contributed by atoms with E-state index in [-0.39, 0.29) is 6.10 Å². The summed E-state index contributed by atoms with van der Waals surface area (Å²) in [4.78, 5) is 12.2. The van der Waals surface area contributed by atoms with Crippen LogP contribution in [0.2, 0.25) is 10.0 Å². The molecule has 0 saturated carbocycles. The van der Waals surface area contributed by atoms with Gasteiger partial charge >= 0.3 is 0 Å². The number of benzene rings is 1. The summed E-state index contributed by atoms with van der Waals surface area (Å²) in [6.07, 6.45) is 2.94. The second kappa shape index (κ2) is 8.40. The first kappa shape index (κ1) is 17.2. The van der Waals surface area contributed by atoms with Crippen molar-refractivity contribution in [2.24, 2.45) is 0 Å². The van der Waals surface area contributed by atoms with Crippen molar-refractivity contribution < 1.29 is 15.0 Å². The number of ether oxygens (including phenoxy) is 1. The van der Waals surface area contributed by atoms with Crippen molar-refractivity contribution in [1.29, 1.82) is 0 Å². The zero-order valence-corrected chi connectivity index (χ0v) is 12.4. The zero-order chi connectivity index (χ0) is 15.8. The van der Waals surface area contributed by atoms with Crippen LogP contribution in [0.25, 0.3) is 0 Å². The van der Waals surface area contributed by atoms with Gasteiger partial charge in [0.2, 0.25) is 0 Å². The Morgan fingerprint density at radius 2 is 2.19 bits per heavy atom. The Bertz CT molecular complexity index is 576. The minimum Gasteiger partial charge on any atom is -0.375 e. The molecule has 0 aliphatic rings. The molecule has 0 saturated heterocycles. The Morgan fingerprint density at radius 1 is 1.52 bits per heavy atom. The van der Waals surface area contributed by atoms with Gasteiger partial charge in [0, 0.05) is 22.7 Å². The van der Waals surface area contributed by atoms with Gasteiger partial charge in [-0.25, -0.2) is 4.98 Å². The highest BCUT2D eigenvalue weighted by Crippen LogP contribution is 2.28. The lowest BCUT2D eigenvalue weighted by atomic mass is 10.1. The monoisotopic (exact) mass is 334 g/mol. The first-order chi connectivity index (χ1) is 9.93. The Hall–Kier alpha value is -1.90. The van der Waals surface area contributed by atoms with Gasteiger partial charge < -0.3 is 9.94 Å². The van der Waals surface area contributed by atoms with E-state index in [1.165, 1.54) is 6.33 Å². The van der Waals surface area contributed by atoms with E-state index in [1.807, 2.05) is 6.07 Å². The van der Waals surface area contributed by atoms with E-state index in [4.69, 9.17) is 43.3 Å². The van der Waals surface area contributed by atoms with Crippen molar-refractivity contribution in [2.75, 3.05) is 7.11 Å². The van der Waals surface area contributed by atoms with E-state index in [2.05, 4.69) is 10.1 Å². The third-order valence-corrected chi connectivity index (χ3v) is 2.98. The van der Waals surface area contributed by atoms with Crippen LogP contribution >= 0.6 is 23.2 Å². The molecular formula is C11H12Cl2N4O4. The van der Waals surface area contributed by atoms with Crippen LogP contribution in [0.3, 0.4) is 0 Å². The maximum absolute atomic E-state index is 8.36. The van der Waals surface area contributed by atoms with Crippen LogP contribution in [0.15, 0.2) is 30.9 Å². The van der Waals surface area contributed by atoms with Gasteiger partial charge in [-0.3, -0.25) is 4.68 Å². The smallest absolute Gasteiger partial charge is 0.291 e. The molecular weight excluding hydrogens is 323 g/mol. The van der Waals surface area contributed by atoms with Crippen LogP contribution in [0, 0.1) is 10.1 Å². The molecule has 1 N–H and O–H groups in total. The van der Waals surface area contributed by atoms with Gasteiger partial charge in [0.25, 0.3) is 5.09 Å². The Labute approximate surface area is 130 Å². The number of nitrogens with zero attached hydrogens (tertiary/aromatic N) is 4. The maximum atomic E-state index is 8.36. The van der Waals surface area contributed by atoms with Gasteiger partial charge in [-0.05, 0) is 12.1 Å². The van der Waals surface area contributed by atoms with Gasteiger partial charge in [0.1, 0.15) is 18.8 Å². The standard InChI is InChI=1S/C11H11Cl2N3O.HNO3/c1-17-11(5-16-7-14-6-15-16)9-3-2-8(12)4-10(9)13;2-1(3)4/h2-4,6-7,11H,5H2,1H3;(H,2,3,4). The lowest BCUT2D eigenvalue weighted by molar-refractivity contribution is -0.742. The van der Waals surface area contributed by atoms with E-state index in [0.29, 0.717) is 16.6 Å². The van der Waals surface area contributed by atoms with E-state index >= 15 is 0 Å². The van der Waals surface area contributed by atoms with Crippen LogP contribution in [-0.4, -0.2) is 32.2 Å². The zero-order valence-electron chi connectivity index (χ0n) is 10.9. The third kappa shape index (κ3) is 5.94. The molecule has 0 bridgehead atoms. The normalized spacial score (nSPS) is 11.4. The number of halogens is 2. The third-order valence-electron chi connectivity index (χ3n) is 2.41. The van der Waals surface area contributed by atoms with Crippen LogP contribution in [0.4, 0.5) is 0 Å². The molecule has 2 rings (SSSR count). The number of aromatic nitrogens is 3. The summed E-state index contributed by atoms with van der Waals surface area (Å²) in [6, 6.07) is 5.34. The minimum atomic E-state index is -1.50. The average molecular weight is 335 g/mol. The quantitative estimate of drug-likeness (QED) is 0.680. The summed E-state index contributed by atoms with van der Waals surface area (Å²) in [7, 11) is 1.63. The minimum absolute atomic E-state index is 0.179. The lowest BCUT2D eigenvalue weighted by Crippen LogP contribution is -2.12. The second-order valence-electron chi connectivity index (χ2n) is 3.75. The maximum Gasteiger partial charge on any atom is 0.291 e. The highest BCUT2D eigenvalue weighted by atomic mass is 35.5. The number of hydrogen-bond acceptors (Lipinski definition) is 5. The summed E-state index contributed by atoms with van der Waals surface area (Å²) in [5.41, 5.74) is 0.883. The van der Waals surface area contributed by atoms with Crippen molar-refractivity contribution in [3.05, 3.63) is 56.6 Å². The molecule has 1 atom stereocenters. The van der Waals surface area contributed by atoms with Gasteiger partial charge in [-0.1, -0.05) is 29.3 Å². The van der Waals surface area contributed by atoms with E-state index in [1.54, 1.807) is 30.3 Å². The van der Waals surface area contributed by atoms with Crippen molar-refractivity contribution in [3.63, 3.8) is 0 Å². The molecule has 0 aliphatic carbocycles. The Morgan fingerprint density at radius 3 is 2.67 bits per heavy atom. The van der Waals surface area contributed by atoms with Crippen molar-refractivity contribution >= 4 is 23.2 Å². The Balaban J connectivity index is 0.000000491. The van der Waals surface area contributed by atoms with Crippen LogP contribution in [0.1, 0.15) is 11.7 Å². The highest BCUT2D eigenvalue weighted by molar-refractivity contribution is 6.35. The Kier molecular flexibility index (Phi) is 6.86. The fraction of sp³-hybridized carbons (Fsp3) is 0.273. The first-order valence-electron chi connectivity index (χ1n) is 5.57. The molecule has 8 nitrogen and oxygen atoms in total. The molecule has 1 heterocycles. The molecule has 0 radical (unpaired) electrons. The van der Waals surface area contributed by atoms with Crippen molar-refractivity contribution in [3.8, 4) is 0 Å². The summed E-state index contributed by atoms with van der Waals surface area (Å²) < 4.78 is 7.11. The van der Waals surface area contributed by atoms with Crippen LogP contribution < -0.4 is 0 Å². The van der Waals surface area contributed by atoms with Gasteiger partial charge in [0.15, 0.2) is 0 Å². The van der Waals surface area contributed by atoms with E-state index in [9.17, 15) is 0 Å². The second-order valence-corrected chi connectivity index (χ2v) is 4.59. The fourth-order valence-corrected chi connectivity index (χ4v) is 2.09. The molecule has 21 heavy (non-hydrogen) atoms. The number of rotatable bonds is 4. The van der Waals surface area contributed by atoms with Crippen molar-refractivity contribution in [1.82, 2.24) is 14.8 Å². The fourth-order valence-electron chi connectivity index (χ4n) is 1.56. The average Bonchev–Trinajstić information content (AvgIpc) is 2.89. The van der Waals surface area contributed by atoms with Gasteiger partial charge in [0.05, 0.1) is 6.54 Å². The van der Waals surface area contributed by atoms with E-state index < -0.39 is 5.09 Å². The molecule has 10 heteroatoms. The SMILES string of the molecule is COC(Cn1cncn1)c1ccc(Cl)cc1Cl.O=[N+]([O-])O. The predicted molar refractivity (Wildman–Crippen MR) is 75.0 cm³/mol. The summed E-state index contributed by atoms with van der Waals surface area (Å²) in [5.74, 6) is 0. The van der Waals surface area contributed by atoms with Crippen molar-refractivity contribution in [2.45, 2.75) is 12.6 Å². The molecule has 0 aliphatic heterocycles. The lowest BCUT2D eigenvalue weighted by Gasteiger charge is -2.17. The molecule has 1 aromatic carbocycles. The number of hydrogen-bond donors (Lipinski definition) is 1. The topological polar surface area (TPSA) is 103 Å². The molecule has 1 aromatic heterocycles. The number of methoxy groups -OCH3 is 1. The summed E-state index contributed by atoms with van der Waals surface area (Å²) in [5, 5.41) is 18.9. The van der Waals surface area contributed by atoms with Crippen LogP contribution in [0.5, 0.6) is 0 Å². The molecule has 0 fully saturated rings. The van der Waals surface area contributed by atoms with Gasteiger partial charge in [-0.15, -0.1) is 10.1 Å². The molecule has 2 aromatic rings. The molecule has 0 spiro atoms. The molecule has 1 unspecified atom stereocenters. The predicted octanol–water partition coefficient (Wildman–Crippen LogP) is 2.62.